The summed E-state index contributed by atoms with van der Waals surface area (Å²) in [6, 6.07) is 3.93. The second-order valence-corrected chi connectivity index (χ2v) is 5.32. The monoisotopic (exact) mass is 355 g/mol. The van der Waals surface area contributed by atoms with Crippen LogP contribution in [-0.2, 0) is 13.0 Å². The zero-order valence-corrected chi connectivity index (χ0v) is 13.6. The third-order valence-corrected chi connectivity index (χ3v) is 3.49. The number of ether oxygens (including phenoxy) is 2. The van der Waals surface area contributed by atoms with Crippen LogP contribution in [0.5, 0.6) is 11.5 Å². The molecule has 2 aromatic rings. The summed E-state index contributed by atoms with van der Waals surface area (Å²) < 4.78 is 16.9. The van der Waals surface area contributed by atoms with Crippen molar-refractivity contribution in [3.63, 3.8) is 0 Å². The molecule has 114 valence electrons. The van der Waals surface area contributed by atoms with E-state index in [9.17, 15) is 0 Å². The Morgan fingerprint density at radius 2 is 2.10 bits per heavy atom. The van der Waals surface area contributed by atoms with Gasteiger partial charge in [0.05, 0.1) is 11.1 Å². The fourth-order valence-corrected chi connectivity index (χ4v) is 2.46. The Labute approximate surface area is 131 Å². The average molecular weight is 356 g/mol. The van der Waals surface area contributed by atoms with Crippen molar-refractivity contribution in [2.24, 2.45) is 5.73 Å². The van der Waals surface area contributed by atoms with Gasteiger partial charge in [0.2, 0.25) is 0 Å². The van der Waals surface area contributed by atoms with Crippen LogP contribution in [0.25, 0.3) is 0 Å². The molecule has 6 nitrogen and oxygen atoms in total. The SMILES string of the molecule is CCOc1cc(CCN)cc(Br)c1OCc1nonc1C. The molecule has 7 heteroatoms. The number of rotatable bonds is 7. The van der Waals surface area contributed by atoms with E-state index in [1.807, 2.05) is 26.0 Å². The van der Waals surface area contributed by atoms with Crippen molar-refractivity contribution >= 4 is 15.9 Å². The molecule has 2 rings (SSSR count). The quantitative estimate of drug-likeness (QED) is 0.821. The Hall–Kier alpha value is -1.60. The van der Waals surface area contributed by atoms with Gasteiger partial charge in [0.15, 0.2) is 11.5 Å². The highest BCUT2D eigenvalue weighted by atomic mass is 79.9. The normalized spacial score (nSPS) is 10.7. The van der Waals surface area contributed by atoms with E-state index in [-0.39, 0.29) is 6.61 Å². The second-order valence-electron chi connectivity index (χ2n) is 4.46. The summed E-state index contributed by atoms with van der Waals surface area (Å²) in [7, 11) is 0. The van der Waals surface area contributed by atoms with E-state index >= 15 is 0 Å². The fraction of sp³-hybridized carbons (Fsp3) is 0.429. The van der Waals surface area contributed by atoms with Gasteiger partial charge >= 0.3 is 0 Å². The summed E-state index contributed by atoms with van der Waals surface area (Å²) in [5.74, 6) is 1.32. The molecule has 0 unspecified atom stereocenters. The third kappa shape index (κ3) is 3.95. The minimum Gasteiger partial charge on any atom is -0.490 e. The number of aryl methyl sites for hydroxylation is 1. The van der Waals surface area contributed by atoms with E-state index in [2.05, 4.69) is 30.9 Å². The van der Waals surface area contributed by atoms with Gasteiger partial charge in [-0.3, -0.25) is 0 Å². The van der Waals surface area contributed by atoms with Crippen molar-refractivity contribution in [2.45, 2.75) is 26.9 Å². The molecule has 1 heterocycles. The van der Waals surface area contributed by atoms with Gasteiger partial charge in [-0.15, -0.1) is 0 Å². The van der Waals surface area contributed by atoms with Crippen molar-refractivity contribution in [1.29, 1.82) is 0 Å². The molecule has 0 atom stereocenters. The molecule has 0 amide bonds. The molecule has 0 spiro atoms. The molecule has 2 N–H and O–H groups in total. The highest BCUT2D eigenvalue weighted by Crippen LogP contribution is 2.37. The van der Waals surface area contributed by atoms with Gasteiger partial charge < -0.3 is 15.2 Å². The van der Waals surface area contributed by atoms with Crippen LogP contribution < -0.4 is 15.2 Å². The maximum Gasteiger partial charge on any atom is 0.175 e. The number of nitrogens with zero attached hydrogens (tertiary/aromatic N) is 2. The molecule has 0 radical (unpaired) electrons. The molecule has 0 aliphatic heterocycles. The molecule has 0 aliphatic carbocycles. The molecule has 0 aliphatic rings. The number of aromatic nitrogens is 2. The van der Waals surface area contributed by atoms with Crippen LogP contribution in [0, 0.1) is 6.92 Å². The maximum atomic E-state index is 5.81. The summed E-state index contributed by atoms with van der Waals surface area (Å²) in [6.45, 7) is 5.16. The first kappa shape index (κ1) is 15.8. The number of halogens is 1. The van der Waals surface area contributed by atoms with Crippen LogP contribution >= 0.6 is 15.9 Å². The predicted molar refractivity (Wildman–Crippen MR) is 81.4 cm³/mol. The molecule has 21 heavy (non-hydrogen) atoms. The Morgan fingerprint density at radius 3 is 2.71 bits per heavy atom. The van der Waals surface area contributed by atoms with Gasteiger partial charge in [0, 0.05) is 0 Å². The van der Waals surface area contributed by atoms with Gasteiger partial charge in [0.1, 0.15) is 18.0 Å². The molecule has 1 aromatic carbocycles. The molecular weight excluding hydrogens is 338 g/mol. The zero-order chi connectivity index (χ0) is 15.2. The molecule has 0 saturated heterocycles. The van der Waals surface area contributed by atoms with Crippen molar-refractivity contribution < 1.29 is 14.1 Å². The summed E-state index contributed by atoms with van der Waals surface area (Å²) in [5.41, 5.74) is 8.07. The summed E-state index contributed by atoms with van der Waals surface area (Å²) >= 11 is 3.52. The molecule has 0 bridgehead atoms. The van der Waals surface area contributed by atoms with E-state index in [0.29, 0.717) is 36.0 Å². The summed E-state index contributed by atoms with van der Waals surface area (Å²) in [6.07, 6.45) is 0.783. The van der Waals surface area contributed by atoms with E-state index in [1.165, 1.54) is 0 Å². The first-order chi connectivity index (χ1) is 10.2. The molecule has 0 saturated carbocycles. The number of nitrogens with two attached hydrogens (primary N) is 1. The molecule has 0 fully saturated rings. The van der Waals surface area contributed by atoms with Crippen LogP contribution in [0.4, 0.5) is 0 Å². The van der Waals surface area contributed by atoms with Gasteiger partial charge in [-0.2, -0.15) is 0 Å². The van der Waals surface area contributed by atoms with Gasteiger partial charge in [0.25, 0.3) is 0 Å². The third-order valence-electron chi connectivity index (χ3n) is 2.90. The van der Waals surface area contributed by atoms with E-state index < -0.39 is 0 Å². The van der Waals surface area contributed by atoms with E-state index in [0.717, 1.165) is 16.5 Å². The smallest absolute Gasteiger partial charge is 0.175 e. The van der Waals surface area contributed by atoms with Crippen LogP contribution in [0.3, 0.4) is 0 Å². The standard InChI is InChI=1S/C14H18BrN3O3/c1-3-19-13-7-10(4-5-16)6-11(15)14(13)20-8-12-9(2)17-21-18-12/h6-7H,3-5,8,16H2,1-2H3. The Morgan fingerprint density at radius 1 is 1.29 bits per heavy atom. The van der Waals surface area contributed by atoms with Crippen molar-refractivity contribution in [3.8, 4) is 11.5 Å². The van der Waals surface area contributed by atoms with Crippen LogP contribution in [0.2, 0.25) is 0 Å². The lowest BCUT2D eigenvalue weighted by molar-refractivity contribution is 0.251. The van der Waals surface area contributed by atoms with Crippen molar-refractivity contribution in [3.05, 3.63) is 33.6 Å². The highest BCUT2D eigenvalue weighted by Gasteiger charge is 2.14. The first-order valence-electron chi connectivity index (χ1n) is 6.71. The minimum absolute atomic E-state index is 0.268. The number of benzene rings is 1. The molecule has 1 aromatic heterocycles. The summed E-state index contributed by atoms with van der Waals surface area (Å²) in [5, 5.41) is 7.52. The minimum atomic E-state index is 0.268. The lowest BCUT2D eigenvalue weighted by atomic mass is 10.1. The van der Waals surface area contributed by atoms with Crippen LogP contribution in [0.15, 0.2) is 21.2 Å². The number of hydrogen-bond acceptors (Lipinski definition) is 6. The maximum absolute atomic E-state index is 5.81. The largest absolute Gasteiger partial charge is 0.490 e. The highest BCUT2D eigenvalue weighted by molar-refractivity contribution is 9.10. The lowest BCUT2D eigenvalue weighted by Crippen LogP contribution is -2.05. The topological polar surface area (TPSA) is 83.4 Å². The van der Waals surface area contributed by atoms with Crippen molar-refractivity contribution in [2.75, 3.05) is 13.2 Å². The Bertz CT molecular complexity index is 601. The van der Waals surface area contributed by atoms with Crippen LogP contribution in [-0.4, -0.2) is 23.5 Å². The molecular formula is C14H18BrN3O3. The number of hydrogen-bond donors (Lipinski definition) is 1. The van der Waals surface area contributed by atoms with Gasteiger partial charge in [-0.25, -0.2) is 4.63 Å². The van der Waals surface area contributed by atoms with Gasteiger partial charge in [-0.1, -0.05) is 10.3 Å². The van der Waals surface area contributed by atoms with Gasteiger partial charge in [-0.05, 0) is 60.4 Å². The fourth-order valence-electron chi connectivity index (χ4n) is 1.86. The Balaban J connectivity index is 2.22. The summed E-state index contributed by atoms with van der Waals surface area (Å²) in [4.78, 5) is 0. The first-order valence-corrected chi connectivity index (χ1v) is 7.51. The van der Waals surface area contributed by atoms with E-state index in [1.54, 1.807) is 0 Å². The van der Waals surface area contributed by atoms with Crippen molar-refractivity contribution in [1.82, 2.24) is 10.3 Å². The average Bonchev–Trinajstić information content (AvgIpc) is 2.84. The lowest BCUT2D eigenvalue weighted by Gasteiger charge is -2.14. The van der Waals surface area contributed by atoms with Crippen LogP contribution in [0.1, 0.15) is 23.9 Å². The predicted octanol–water partition coefficient (Wildman–Crippen LogP) is 2.62. The second kappa shape index (κ2) is 7.42. The Kier molecular flexibility index (Phi) is 5.58. The zero-order valence-electron chi connectivity index (χ0n) is 12.1. The van der Waals surface area contributed by atoms with E-state index in [4.69, 9.17) is 15.2 Å².